The van der Waals surface area contributed by atoms with E-state index < -0.39 is 0 Å². The molecule has 6 nitrogen and oxygen atoms in total. The summed E-state index contributed by atoms with van der Waals surface area (Å²) in [6, 6.07) is 15.3. The molecule has 2 fully saturated rings. The Morgan fingerprint density at radius 1 is 1.24 bits per heavy atom. The van der Waals surface area contributed by atoms with Crippen LogP contribution in [0.4, 0.5) is 0 Å². The molecule has 2 aromatic rings. The van der Waals surface area contributed by atoms with Crippen molar-refractivity contribution in [2.75, 3.05) is 40.0 Å². The summed E-state index contributed by atoms with van der Waals surface area (Å²) in [5.74, 6) is 1.51. The van der Waals surface area contributed by atoms with Gasteiger partial charge in [0.25, 0.3) is 5.91 Å². The largest absolute Gasteiger partial charge is 0.496 e. The van der Waals surface area contributed by atoms with Gasteiger partial charge in [0.05, 0.1) is 19.3 Å². The van der Waals surface area contributed by atoms with E-state index >= 15 is 0 Å². The normalized spacial score (nSPS) is 21.8. The van der Waals surface area contributed by atoms with E-state index in [1.807, 2.05) is 53.4 Å². The molecule has 29 heavy (non-hydrogen) atoms. The van der Waals surface area contributed by atoms with E-state index in [-0.39, 0.29) is 18.1 Å². The van der Waals surface area contributed by atoms with Gasteiger partial charge in [0.15, 0.2) is 0 Å². The first-order chi connectivity index (χ1) is 14.3. The van der Waals surface area contributed by atoms with Crippen molar-refractivity contribution >= 4 is 5.91 Å². The van der Waals surface area contributed by atoms with Gasteiger partial charge in [-0.15, -0.1) is 0 Å². The number of para-hydroxylation sites is 1. The zero-order valence-corrected chi connectivity index (χ0v) is 16.8. The van der Waals surface area contributed by atoms with E-state index in [9.17, 15) is 4.79 Å². The maximum Gasteiger partial charge on any atom is 0.254 e. The Morgan fingerprint density at radius 3 is 2.97 bits per heavy atom. The highest BCUT2D eigenvalue weighted by Gasteiger charge is 2.30. The highest BCUT2D eigenvalue weighted by Crippen LogP contribution is 2.31. The molecule has 1 amide bonds. The van der Waals surface area contributed by atoms with E-state index in [2.05, 4.69) is 5.32 Å². The molecule has 0 spiro atoms. The van der Waals surface area contributed by atoms with Crippen molar-refractivity contribution < 1.29 is 19.0 Å². The second kappa shape index (κ2) is 9.29. The van der Waals surface area contributed by atoms with Gasteiger partial charge < -0.3 is 24.4 Å². The van der Waals surface area contributed by atoms with Gasteiger partial charge in [-0.05, 0) is 37.1 Å². The first-order valence-electron chi connectivity index (χ1n) is 10.3. The van der Waals surface area contributed by atoms with Gasteiger partial charge in [0.2, 0.25) is 0 Å². The topological polar surface area (TPSA) is 60.0 Å². The number of piperazine rings is 1. The van der Waals surface area contributed by atoms with Gasteiger partial charge in [-0.25, -0.2) is 0 Å². The van der Waals surface area contributed by atoms with E-state index in [1.54, 1.807) is 7.11 Å². The molecule has 2 unspecified atom stereocenters. The molecule has 0 saturated carbocycles. The lowest BCUT2D eigenvalue weighted by atomic mass is 10.0. The summed E-state index contributed by atoms with van der Waals surface area (Å²) >= 11 is 0. The predicted octanol–water partition coefficient (Wildman–Crippen LogP) is 3.04. The van der Waals surface area contributed by atoms with Crippen LogP contribution in [0, 0.1) is 0 Å². The second-order valence-corrected chi connectivity index (χ2v) is 7.43. The molecule has 6 heteroatoms. The van der Waals surface area contributed by atoms with Crippen molar-refractivity contribution in [3.63, 3.8) is 0 Å². The standard InChI is InChI=1S/C23H28N2O4/c1-27-22-10-3-2-9-20(22)21-15-24-11-12-25(21)23(26)17-6-4-7-18(14-17)29-16-19-8-5-13-28-19/h2-4,6-7,9-10,14,19,21,24H,5,8,11-13,15-16H2,1H3. The van der Waals surface area contributed by atoms with Crippen LogP contribution >= 0.6 is 0 Å². The average Bonchev–Trinajstić information content (AvgIpc) is 3.31. The summed E-state index contributed by atoms with van der Waals surface area (Å²) in [4.78, 5) is 15.3. The first kappa shape index (κ1) is 19.7. The Bertz CT molecular complexity index is 835. The quantitative estimate of drug-likeness (QED) is 0.813. The molecular formula is C23H28N2O4. The van der Waals surface area contributed by atoms with Crippen LogP contribution in [0.2, 0.25) is 0 Å². The fourth-order valence-corrected chi connectivity index (χ4v) is 4.02. The van der Waals surface area contributed by atoms with Gasteiger partial charge in [-0.2, -0.15) is 0 Å². The minimum Gasteiger partial charge on any atom is -0.496 e. The van der Waals surface area contributed by atoms with Crippen molar-refractivity contribution in [3.8, 4) is 11.5 Å². The molecule has 2 aliphatic rings. The molecule has 2 atom stereocenters. The number of hydrogen-bond donors (Lipinski definition) is 1. The Morgan fingerprint density at radius 2 is 2.14 bits per heavy atom. The lowest BCUT2D eigenvalue weighted by molar-refractivity contribution is 0.0627. The lowest BCUT2D eigenvalue weighted by Crippen LogP contribution is -2.48. The van der Waals surface area contributed by atoms with E-state index in [4.69, 9.17) is 14.2 Å². The maximum absolute atomic E-state index is 13.4. The molecular weight excluding hydrogens is 368 g/mol. The Labute approximate surface area is 171 Å². The van der Waals surface area contributed by atoms with E-state index in [0.717, 1.165) is 37.3 Å². The number of hydrogen-bond acceptors (Lipinski definition) is 5. The molecule has 154 valence electrons. The zero-order valence-electron chi connectivity index (χ0n) is 16.8. The summed E-state index contributed by atoms with van der Waals surface area (Å²) in [5.41, 5.74) is 1.65. The van der Waals surface area contributed by atoms with Crippen molar-refractivity contribution in [3.05, 3.63) is 59.7 Å². The van der Waals surface area contributed by atoms with Crippen LogP contribution in [-0.2, 0) is 4.74 Å². The summed E-state index contributed by atoms with van der Waals surface area (Å²) in [5, 5.41) is 3.40. The van der Waals surface area contributed by atoms with Gasteiger partial charge in [0.1, 0.15) is 18.1 Å². The van der Waals surface area contributed by atoms with Crippen molar-refractivity contribution in [1.82, 2.24) is 10.2 Å². The van der Waals surface area contributed by atoms with Crippen LogP contribution in [-0.4, -0.2) is 56.9 Å². The van der Waals surface area contributed by atoms with E-state index in [0.29, 0.717) is 31.0 Å². The third kappa shape index (κ3) is 4.54. The number of ether oxygens (including phenoxy) is 3. The number of amides is 1. The molecule has 1 N–H and O–H groups in total. The van der Waals surface area contributed by atoms with Crippen LogP contribution in [0.25, 0.3) is 0 Å². The highest BCUT2D eigenvalue weighted by molar-refractivity contribution is 5.95. The molecule has 0 radical (unpaired) electrons. The average molecular weight is 396 g/mol. The summed E-state index contributed by atoms with van der Waals surface area (Å²) in [7, 11) is 1.66. The van der Waals surface area contributed by atoms with Gasteiger partial charge >= 0.3 is 0 Å². The minimum absolute atomic E-state index is 0.00460. The van der Waals surface area contributed by atoms with E-state index in [1.165, 1.54) is 0 Å². The van der Waals surface area contributed by atoms with Gasteiger partial charge in [-0.3, -0.25) is 4.79 Å². The fourth-order valence-electron chi connectivity index (χ4n) is 4.02. The molecule has 4 rings (SSSR count). The molecule has 2 aromatic carbocycles. The Hall–Kier alpha value is -2.57. The maximum atomic E-state index is 13.4. The number of rotatable bonds is 6. The van der Waals surface area contributed by atoms with Gasteiger partial charge in [0, 0.05) is 37.4 Å². The number of carbonyl (C=O) groups excluding carboxylic acids is 1. The molecule has 0 aliphatic carbocycles. The Kier molecular flexibility index (Phi) is 6.32. The highest BCUT2D eigenvalue weighted by atomic mass is 16.5. The Balaban J connectivity index is 1.51. The number of benzene rings is 2. The van der Waals surface area contributed by atoms with Crippen LogP contribution < -0.4 is 14.8 Å². The number of nitrogens with one attached hydrogen (secondary N) is 1. The molecule has 2 saturated heterocycles. The monoisotopic (exact) mass is 396 g/mol. The third-order valence-electron chi connectivity index (χ3n) is 5.54. The summed E-state index contributed by atoms with van der Waals surface area (Å²) < 4.78 is 17.0. The smallest absolute Gasteiger partial charge is 0.254 e. The molecule has 2 heterocycles. The molecule has 0 bridgehead atoms. The van der Waals surface area contributed by atoms with Crippen molar-refractivity contribution in [2.45, 2.75) is 25.0 Å². The van der Waals surface area contributed by atoms with Crippen LogP contribution in [0.15, 0.2) is 48.5 Å². The third-order valence-corrected chi connectivity index (χ3v) is 5.54. The van der Waals surface area contributed by atoms with Gasteiger partial charge in [-0.1, -0.05) is 24.3 Å². The molecule has 0 aromatic heterocycles. The van der Waals surface area contributed by atoms with Crippen molar-refractivity contribution in [1.29, 1.82) is 0 Å². The number of methoxy groups -OCH3 is 1. The number of carbonyl (C=O) groups is 1. The second-order valence-electron chi connectivity index (χ2n) is 7.43. The van der Waals surface area contributed by atoms with Crippen LogP contribution in [0.5, 0.6) is 11.5 Å². The SMILES string of the molecule is COc1ccccc1C1CNCCN1C(=O)c1cccc(OCC2CCCO2)c1. The van der Waals surface area contributed by atoms with Crippen LogP contribution in [0.1, 0.15) is 34.8 Å². The first-order valence-corrected chi connectivity index (χ1v) is 10.3. The summed E-state index contributed by atoms with van der Waals surface area (Å²) in [6.07, 6.45) is 2.26. The fraction of sp³-hybridized carbons (Fsp3) is 0.435. The van der Waals surface area contributed by atoms with Crippen LogP contribution in [0.3, 0.4) is 0 Å². The minimum atomic E-state index is -0.0798. The molecule has 2 aliphatic heterocycles. The zero-order chi connectivity index (χ0) is 20.1. The van der Waals surface area contributed by atoms with Crippen molar-refractivity contribution in [2.24, 2.45) is 0 Å². The predicted molar refractivity (Wildman–Crippen MR) is 111 cm³/mol. The summed E-state index contributed by atoms with van der Waals surface area (Å²) in [6.45, 7) is 3.44. The lowest BCUT2D eigenvalue weighted by Gasteiger charge is -2.37. The number of nitrogens with zero attached hydrogens (tertiary/aromatic N) is 1.